The Morgan fingerprint density at radius 1 is 1.35 bits per heavy atom. The molecule has 1 atom stereocenters. The van der Waals surface area contributed by atoms with Crippen LogP contribution in [0.2, 0.25) is 0 Å². The Labute approximate surface area is 139 Å². The van der Waals surface area contributed by atoms with Gasteiger partial charge in [-0.3, -0.25) is 4.90 Å². The molecule has 3 rings (SSSR count). The number of hydrogen-bond donors (Lipinski definition) is 1. The minimum absolute atomic E-state index is 0.110. The zero-order chi connectivity index (χ0) is 16.3. The van der Waals surface area contributed by atoms with Crippen LogP contribution in [0, 0.1) is 0 Å². The molecule has 1 N–H and O–H groups in total. The second kappa shape index (κ2) is 7.13. The number of halogens is 2. The van der Waals surface area contributed by atoms with Gasteiger partial charge in [-0.05, 0) is 30.8 Å². The van der Waals surface area contributed by atoms with Gasteiger partial charge in [-0.2, -0.15) is 0 Å². The van der Waals surface area contributed by atoms with Gasteiger partial charge >= 0.3 is 6.03 Å². The summed E-state index contributed by atoms with van der Waals surface area (Å²) in [6, 6.07) is 4.10. The normalized spacial score (nSPS) is 25.3. The fourth-order valence-electron chi connectivity index (χ4n) is 3.24. The molecule has 2 amide bonds. The Bertz CT molecular complexity index is 513. The lowest BCUT2D eigenvalue weighted by Crippen LogP contribution is -2.53. The van der Waals surface area contributed by atoms with Crippen molar-refractivity contribution < 1.29 is 13.6 Å². The summed E-state index contributed by atoms with van der Waals surface area (Å²) in [6.45, 7) is 3.07. The number of nitrogens with one attached hydrogen (secondary N) is 1. The number of nitrogens with zero attached hydrogens (tertiary/aromatic N) is 2. The van der Waals surface area contributed by atoms with Gasteiger partial charge in [0.05, 0.1) is 0 Å². The highest BCUT2D eigenvalue weighted by Crippen LogP contribution is 2.27. The van der Waals surface area contributed by atoms with Gasteiger partial charge < -0.3 is 10.2 Å². The summed E-state index contributed by atoms with van der Waals surface area (Å²) in [5.74, 6) is -2.61. The molecule has 0 unspecified atom stereocenters. The van der Waals surface area contributed by atoms with Crippen molar-refractivity contribution in [3.8, 4) is 0 Å². The molecule has 0 aromatic carbocycles. The summed E-state index contributed by atoms with van der Waals surface area (Å²) < 4.78 is 26.3. The van der Waals surface area contributed by atoms with Crippen LogP contribution in [-0.4, -0.2) is 54.0 Å². The first-order valence-corrected chi connectivity index (χ1v) is 9.08. The molecule has 2 saturated heterocycles. The Morgan fingerprint density at radius 2 is 2.13 bits per heavy atom. The van der Waals surface area contributed by atoms with Crippen molar-refractivity contribution in [1.82, 2.24) is 15.1 Å². The van der Waals surface area contributed by atoms with Gasteiger partial charge in [0.2, 0.25) is 0 Å². The number of rotatable bonds is 3. The number of thiophene rings is 1. The SMILES string of the molecule is O=C(N[C@H]1CCCN(Cc2cccs2)C1)N1CCC(F)(F)CC1. The van der Waals surface area contributed by atoms with E-state index in [0.29, 0.717) is 0 Å². The number of carbonyl (C=O) groups excluding carboxylic acids is 1. The molecular formula is C16H23F2N3OS. The number of hydrogen-bond acceptors (Lipinski definition) is 3. The Kier molecular flexibility index (Phi) is 5.16. The number of alkyl halides is 2. The van der Waals surface area contributed by atoms with Crippen molar-refractivity contribution in [2.24, 2.45) is 0 Å². The van der Waals surface area contributed by atoms with Crippen LogP contribution in [-0.2, 0) is 6.54 Å². The van der Waals surface area contributed by atoms with Crippen LogP contribution in [0.1, 0.15) is 30.6 Å². The fraction of sp³-hybridized carbons (Fsp3) is 0.688. The first-order chi connectivity index (χ1) is 11.0. The predicted molar refractivity (Wildman–Crippen MR) is 86.9 cm³/mol. The molecule has 0 saturated carbocycles. The second-order valence-electron chi connectivity index (χ2n) is 6.45. The molecular weight excluding hydrogens is 320 g/mol. The minimum Gasteiger partial charge on any atom is -0.334 e. The van der Waals surface area contributed by atoms with Crippen molar-refractivity contribution in [3.05, 3.63) is 22.4 Å². The molecule has 1 aromatic rings. The van der Waals surface area contributed by atoms with E-state index in [9.17, 15) is 13.6 Å². The second-order valence-corrected chi connectivity index (χ2v) is 7.48. The van der Waals surface area contributed by atoms with Crippen LogP contribution in [0.25, 0.3) is 0 Å². The average Bonchev–Trinajstić information content (AvgIpc) is 3.00. The van der Waals surface area contributed by atoms with Gasteiger partial charge in [-0.1, -0.05) is 6.07 Å². The molecule has 0 bridgehead atoms. The molecule has 1 aromatic heterocycles. The summed E-state index contributed by atoms with van der Waals surface area (Å²) in [7, 11) is 0. The average molecular weight is 343 g/mol. The Morgan fingerprint density at radius 3 is 2.83 bits per heavy atom. The van der Waals surface area contributed by atoms with E-state index in [2.05, 4.69) is 27.7 Å². The first-order valence-electron chi connectivity index (χ1n) is 8.20. The molecule has 7 heteroatoms. The molecule has 0 radical (unpaired) electrons. The molecule has 23 heavy (non-hydrogen) atoms. The highest BCUT2D eigenvalue weighted by atomic mass is 32.1. The maximum atomic E-state index is 13.2. The topological polar surface area (TPSA) is 35.6 Å². The molecule has 4 nitrogen and oxygen atoms in total. The van der Waals surface area contributed by atoms with E-state index >= 15 is 0 Å². The van der Waals surface area contributed by atoms with Gasteiger partial charge in [0, 0.05) is 49.9 Å². The summed E-state index contributed by atoms with van der Waals surface area (Å²) in [6.07, 6.45) is 1.55. The number of piperidine rings is 2. The maximum Gasteiger partial charge on any atom is 0.317 e. The molecule has 2 fully saturated rings. The number of urea groups is 1. The quantitative estimate of drug-likeness (QED) is 0.915. The van der Waals surface area contributed by atoms with Crippen LogP contribution in [0.3, 0.4) is 0 Å². The molecule has 128 valence electrons. The third kappa shape index (κ3) is 4.64. The Balaban J connectivity index is 1.46. The van der Waals surface area contributed by atoms with Crippen LogP contribution in [0.4, 0.5) is 13.6 Å². The largest absolute Gasteiger partial charge is 0.334 e. The number of amides is 2. The molecule has 2 aliphatic rings. The van der Waals surface area contributed by atoms with Crippen molar-refractivity contribution in [3.63, 3.8) is 0 Å². The van der Waals surface area contributed by atoms with E-state index < -0.39 is 5.92 Å². The first kappa shape index (κ1) is 16.6. The minimum atomic E-state index is -2.61. The van der Waals surface area contributed by atoms with Gasteiger partial charge in [0.1, 0.15) is 0 Å². The maximum absolute atomic E-state index is 13.2. The van der Waals surface area contributed by atoms with Crippen molar-refractivity contribution in [1.29, 1.82) is 0 Å². The zero-order valence-corrected chi connectivity index (χ0v) is 14.0. The zero-order valence-electron chi connectivity index (χ0n) is 13.1. The number of likely N-dealkylation sites (tertiary alicyclic amines) is 2. The summed E-state index contributed by atoms with van der Waals surface area (Å²) >= 11 is 1.75. The lowest BCUT2D eigenvalue weighted by Gasteiger charge is -2.36. The third-order valence-electron chi connectivity index (χ3n) is 4.57. The van der Waals surface area contributed by atoms with Gasteiger partial charge in [0.25, 0.3) is 5.92 Å². The van der Waals surface area contributed by atoms with Crippen molar-refractivity contribution in [2.45, 2.75) is 44.2 Å². The lowest BCUT2D eigenvalue weighted by atomic mass is 10.1. The van der Waals surface area contributed by atoms with Gasteiger partial charge in [-0.25, -0.2) is 13.6 Å². The molecule has 2 aliphatic heterocycles. The van der Waals surface area contributed by atoms with E-state index in [1.54, 1.807) is 11.3 Å². The number of carbonyl (C=O) groups is 1. The monoisotopic (exact) mass is 343 g/mol. The lowest BCUT2D eigenvalue weighted by molar-refractivity contribution is -0.0472. The predicted octanol–water partition coefficient (Wildman–Crippen LogP) is 3.15. The summed E-state index contributed by atoms with van der Waals surface area (Å²) in [5, 5.41) is 5.10. The Hall–Kier alpha value is -1.21. The van der Waals surface area contributed by atoms with Crippen LogP contribution in [0.15, 0.2) is 17.5 Å². The molecule has 0 aliphatic carbocycles. The van der Waals surface area contributed by atoms with Crippen molar-refractivity contribution in [2.75, 3.05) is 26.2 Å². The van der Waals surface area contributed by atoms with Crippen LogP contribution >= 0.6 is 11.3 Å². The van der Waals surface area contributed by atoms with E-state index in [1.807, 2.05) is 0 Å². The fourth-order valence-corrected chi connectivity index (χ4v) is 3.99. The smallest absolute Gasteiger partial charge is 0.317 e. The van der Waals surface area contributed by atoms with Gasteiger partial charge in [0.15, 0.2) is 0 Å². The standard InChI is InChI=1S/C16H23F2N3OS/c17-16(18)5-8-21(9-6-16)15(22)19-13-3-1-7-20(11-13)12-14-4-2-10-23-14/h2,4,10,13H,1,3,5-9,11-12H2,(H,19,22)/t13-/m0/s1. The molecule has 3 heterocycles. The van der Waals surface area contributed by atoms with Crippen molar-refractivity contribution >= 4 is 17.4 Å². The van der Waals surface area contributed by atoms with E-state index in [1.165, 1.54) is 9.78 Å². The van der Waals surface area contributed by atoms with Crippen LogP contribution < -0.4 is 5.32 Å². The van der Waals surface area contributed by atoms with E-state index in [4.69, 9.17) is 0 Å². The van der Waals surface area contributed by atoms with E-state index in [-0.39, 0.29) is 38.0 Å². The van der Waals surface area contributed by atoms with Crippen LogP contribution in [0.5, 0.6) is 0 Å². The van der Waals surface area contributed by atoms with Gasteiger partial charge in [-0.15, -0.1) is 11.3 Å². The highest BCUT2D eigenvalue weighted by molar-refractivity contribution is 7.09. The van der Waals surface area contributed by atoms with E-state index in [0.717, 1.165) is 32.5 Å². The summed E-state index contributed by atoms with van der Waals surface area (Å²) in [5.41, 5.74) is 0. The molecule has 0 spiro atoms. The summed E-state index contributed by atoms with van der Waals surface area (Å²) in [4.78, 5) is 17.5. The third-order valence-corrected chi connectivity index (χ3v) is 5.44. The highest BCUT2D eigenvalue weighted by Gasteiger charge is 2.36.